The van der Waals surface area contributed by atoms with Crippen LogP contribution in [0.2, 0.25) is 0 Å². The predicted octanol–water partition coefficient (Wildman–Crippen LogP) is 2.57. The molecule has 4 N–H and O–H groups in total. The van der Waals surface area contributed by atoms with Crippen LogP contribution in [0, 0.1) is 5.92 Å². The van der Waals surface area contributed by atoms with Gasteiger partial charge in [0, 0.05) is 12.0 Å². The Morgan fingerprint density at radius 1 is 1.16 bits per heavy atom. The van der Waals surface area contributed by atoms with Crippen LogP contribution in [0.5, 0.6) is 11.5 Å². The molecule has 0 radical (unpaired) electrons. The molecule has 0 bridgehead atoms. The number of esters is 1. The van der Waals surface area contributed by atoms with E-state index >= 15 is 0 Å². The minimum atomic E-state index is -4.60. The number of aliphatic hydroxyl groups is 3. The van der Waals surface area contributed by atoms with Gasteiger partial charge in [0.15, 0.2) is 6.61 Å². The number of rotatable bonds is 2. The van der Waals surface area contributed by atoms with Crippen LogP contribution in [0.3, 0.4) is 0 Å². The number of cyclic esters (lactones) is 1. The van der Waals surface area contributed by atoms with Crippen LogP contribution in [-0.4, -0.2) is 63.6 Å². The van der Waals surface area contributed by atoms with Crippen molar-refractivity contribution in [2.45, 2.75) is 50.9 Å². The minimum Gasteiger partial charge on any atom is -0.507 e. The quantitative estimate of drug-likeness (QED) is 0.408. The monoisotopic (exact) mass is 446 g/mol. The normalized spacial score (nSPS) is 29.9. The second-order valence-electron chi connectivity index (χ2n) is 7.35. The van der Waals surface area contributed by atoms with Gasteiger partial charge in [-0.25, -0.2) is 4.79 Å². The molecule has 1 aromatic rings. The zero-order valence-corrected chi connectivity index (χ0v) is 16.9. The van der Waals surface area contributed by atoms with E-state index in [1.54, 1.807) is 13.8 Å². The van der Waals surface area contributed by atoms with Crippen LogP contribution >= 0.6 is 0 Å². The van der Waals surface area contributed by atoms with Gasteiger partial charge in [-0.2, -0.15) is 13.2 Å². The van der Waals surface area contributed by atoms with Gasteiger partial charge < -0.3 is 29.9 Å². The standard InChI is InChI=1S/C21H25F3O7/c1-11-6-7-16(26)19(28)15(25)5-3-4-13-8-14(30-10-21(22,23)24)9-17(27)18(13)20(29)31-12(11)2/h3-4,6-9,11-12,15-16,19,25-28H,5,10H2,1-2H3/b4-3+,7-6-/t11-,12+,15+,16?,19+/m1/s1. The van der Waals surface area contributed by atoms with Gasteiger partial charge in [-0.3, -0.25) is 0 Å². The molecule has 0 aliphatic carbocycles. The molecule has 1 aromatic carbocycles. The van der Waals surface area contributed by atoms with Crippen molar-refractivity contribution in [1.29, 1.82) is 0 Å². The van der Waals surface area contributed by atoms with Crippen molar-refractivity contribution >= 4 is 12.0 Å². The summed E-state index contributed by atoms with van der Waals surface area (Å²) in [6.45, 7) is 1.66. The third-order valence-electron chi connectivity index (χ3n) is 4.79. The molecular formula is C21H25F3O7. The van der Waals surface area contributed by atoms with Crippen LogP contribution in [0.25, 0.3) is 6.08 Å². The van der Waals surface area contributed by atoms with E-state index < -0.39 is 54.8 Å². The largest absolute Gasteiger partial charge is 0.507 e. The van der Waals surface area contributed by atoms with E-state index in [-0.39, 0.29) is 23.3 Å². The third kappa shape index (κ3) is 6.98. The van der Waals surface area contributed by atoms with E-state index in [9.17, 15) is 38.4 Å². The number of carbonyl (C=O) groups is 1. The van der Waals surface area contributed by atoms with Gasteiger partial charge in [0.1, 0.15) is 35.4 Å². The Morgan fingerprint density at radius 2 is 1.84 bits per heavy atom. The first kappa shape index (κ1) is 24.7. The average molecular weight is 446 g/mol. The maximum Gasteiger partial charge on any atom is 0.422 e. The summed E-state index contributed by atoms with van der Waals surface area (Å²) in [5.74, 6) is -2.28. The first-order valence-electron chi connectivity index (χ1n) is 9.55. The molecular weight excluding hydrogens is 421 g/mol. The fourth-order valence-corrected chi connectivity index (χ4v) is 2.82. The molecule has 10 heteroatoms. The maximum absolute atomic E-state index is 12.7. The third-order valence-corrected chi connectivity index (χ3v) is 4.79. The number of ether oxygens (including phenoxy) is 2. The summed E-state index contributed by atoms with van der Waals surface area (Å²) in [6.07, 6.45) is -4.28. The zero-order valence-electron chi connectivity index (χ0n) is 16.9. The highest BCUT2D eigenvalue weighted by molar-refractivity contribution is 5.97. The van der Waals surface area contributed by atoms with Crippen molar-refractivity contribution in [2.24, 2.45) is 5.92 Å². The molecule has 0 aromatic heterocycles. The molecule has 1 unspecified atom stereocenters. The van der Waals surface area contributed by atoms with Crippen LogP contribution in [0.1, 0.15) is 36.2 Å². The van der Waals surface area contributed by atoms with E-state index in [0.29, 0.717) is 0 Å². The Balaban J connectivity index is 2.46. The molecule has 0 fully saturated rings. The maximum atomic E-state index is 12.7. The van der Waals surface area contributed by atoms with Crippen molar-refractivity contribution in [3.05, 3.63) is 41.5 Å². The molecule has 31 heavy (non-hydrogen) atoms. The van der Waals surface area contributed by atoms with Gasteiger partial charge in [0.25, 0.3) is 0 Å². The van der Waals surface area contributed by atoms with E-state index in [0.717, 1.165) is 12.1 Å². The highest BCUT2D eigenvalue weighted by atomic mass is 19.4. The molecule has 172 valence electrons. The van der Waals surface area contributed by atoms with E-state index in [1.165, 1.54) is 24.3 Å². The number of aromatic hydroxyl groups is 1. The van der Waals surface area contributed by atoms with Crippen molar-refractivity contribution in [1.82, 2.24) is 0 Å². The van der Waals surface area contributed by atoms with Crippen LogP contribution < -0.4 is 4.74 Å². The Bertz CT molecular complexity index is 835. The zero-order chi connectivity index (χ0) is 23.3. The van der Waals surface area contributed by atoms with E-state index in [2.05, 4.69) is 4.74 Å². The highest BCUT2D eigenvalue weighted by Crippen LogP contribution is 2.32. The number of halogens is 3. The lowest BCUT2D eigenvalue weighted by molar-refractivity contribution is -0.153. The number of hydrogen-bond donors (Lipinski definition) is 4. The number of phenols is 1. The molecule has 1 heterocycles. The summed E-state index contributed by atoms with van der Waals surface area (Å²) in [5.41, 5.74) is -0.289. The fourth-order valence-electron chi connectivity index (χ4n) is 2.82. The Morgan fingerprint density at radius 3 is 2.48 bits per heavy atom. The van der Waals surface area contributed by atoms with Crippen molar-refractivity contribution in [3.8, 4) is 11.5 Å². The lowest BCUT2D eigenvalue weighted by Gasteiger charge is -2.22. The van der Waals surface area contributed by atoms with Gasteiger partial charge >= 0.3 is 12.1 Å². The van der Waals surface area contributed by atoms with Gasteiger partial charge in [0.05, 0.1) is 6.10 Å². The first-order chi connectivity index (χ1) is 14.4. The molecule has 0 amide bonds. The summed E-state index contributed by atoms with van der Waals surface area (Å²) < 4.78 is 47.4. The Labute approximate surface area is 177 Å². The smallest absolute Gasteiger partial charge is 0.422 e. The van der Waals surface area contributed by atoms with Crippen LogP contribution in [0.15, 0.2) is 30.4 Å². The Hall–Kier alpha value is -2.56. The molecule has 2 rings (SSSR count). The highest BCUT2D eigenvalue weighted by Gasteiger charge is 2.29. The Kier molecular flexibility index (Phi) is 8.10. The lowest BCUT2D eigenvalue weighted by Crippen LogP contribution is -2.36. The van der Waals surface area contributed by atoms with E-state index in [1.807, 2.05) is 0 Å². The van der Waals surface area contributed by atoms with Crippen molar-refractivity contribution in [3.63, 3.8) is 0 Å². The van der Waals surface area contributed by atoms with Crippen molar-refractivity contribution in [2.75, 3.05) is 6.61 Å². The summed E-state index contributed by atoms with van der Waals surface area (Å²) in [6, 6.07) is 2.00. The molecule has 0 saturated heterocycles. The fraction of sp³-hybridized carbons (Fsp3) is 0.476. The molecule has 0 spiro atoms. The van der Waals surface area contributed by atoms with Gasteiger partial charge in [0.2, 0.25) is 0 Å². The van der Waals surface area contributed by atoms with Crippen LogP contribution in [0.4, 0.5) is 13.2 Å². The average Bonchev–Trinajstić information content (AvgIpc) is 2.67. The minimum absolute atomic E-state index is 0.00290. The number of benzene rings is 1. The van der Waals surface area contributed by atoms with Gasteiger partial charge in [-0.05, 0) is 25.0 Å². The van der Waals surface area contributed by atoms with Crippen molar-refractivity contribution < 1.29 is 47.9 Å². The lowest BCUT2D eigenvalue weighted by atomic mass is 9.99. The molecule has 5 atom stereocenters. The number of hydrogen-bond acceptors (Lipinski definition) is 7. The molecule has 0 saturated carbocycles. The number of alkyl halides is 3. The predicted molar refractivity (Wildman–Crippen MR) is 105 cm³/mol. The van der Waals surface area contributed by atoms with Gasteiger partial charge in [-0.15, -0.1) is 0 Å². The summed E-state index contributed by atoms with van der Waals surface area (Å²) >= 11 is 0. The number of phenolic OH excluding ortho intramolecular Hbond substituents is 1. The molecule has 1 aliphatic heterocycles. The number of carbonyl (C=O) groups excluding carboxylic acids is 1. The number of aliphatic hydroxyl groups excluding tert-OH is 3. The second kappa shape index (κ2) is 10.2. The van der Waals surface area contributed by atoms with E-state index in [4.69, 9.17) is 4.74 Å². The summed E-state index contributed by atoms with van der Waals surface area (Å²) in [7, 11) is 0. The SMILES string of the molecule is C[C@@H]1/C=C\C(O)[C@@H](O)[C@@H](O)C/C=C/c2cc(OCC(F)(F)F)cc(O)c2C(=O)O[C@H]1C. The first-order valence-corrected chi connectivity index (χ1v) is 9.55. The summed E-state index contributed by atoms with van der Waals surface area (Å²) in [4.78, 5) is 12.7. The van der Waals surface area contributed by atoms with Crippen LogP contribution in [-0.2, 0) is 4.74 Å². The molecule has 7 nitrogen and oxygen atoms in total. The second-order valence-corrected chi connectivity index (χ2v) is 7.35. The van der Waals surface area contributed by atoms with Gasteiger partial charge in [-0.1, -0.05) is 31.2 Å². The number of fused-ring (bicyclic) bond motifs is 1. The topological polar surface area (TPSA) is 116 Å². The summed E-state index contributed by atoms with van der Waals surface area (Å²) in [5, 5.41) is 40.4. The molecule has 1 aliphatic rings.